The molecule has 4 aliphatic rings. The van der Waals surface area contributed by atoms with Crippen LogP contribution in [0.1, 0.15) is 49.7 Å². The van der Waals surface area contributed by atoms with Crippen molar-refractivity contribution in [1.82, 2.24) is 10.3 Å². The Labute approximate surface area is 153 Å². The van der Waals surface area contributed by atoms with E-state index in [-0.39, 0.29) is 11.3 Å². The van der Waals surface area contributed by atoms with Crippen molar-refractivity contribution in [3.8, 4) is 11.3 Å². The first-order chi connectivity index (χ1) is 12.5. The number of aromatic nitrogens is 2. The summed E-state index contributed by atoms with van der Waals surface area (Å²) in [6.07, 6.45) is 7.09. The van der Waals surface area contributed by atoms with Crippen LogP contribution in [0.3, 0.4) is 0 Å². The van der Waals surface area contributed by atoms with Gasteiger partial charge >= 0.3 is 0 Å². The molecule has 136 valence electrons. The summed E-state index contributed by atoms with van der Waals surface area (Å²) >= 11 is 0. The Hall–Kier alpha value is -2.17. The summed E-state index contributed by atoms with van der Waals surface area (Å²) in [6, 6.07) is 6.19. The van der Waals surface area contributed by atoms with Crippen molar-refractivity contribution in [1.29, 1.82) is 0 Å². The summed E-state index contributed by atoms with van der Waals surface area (Å²) < 4.78 is 5.00. The quantitative estimate of drug-likeness (QED) is 0.883. The largest absolute Gasteiger partial charge is 0.305 e. The van der Waals surface area contributed by atoms with Gasteiger partial charge in [0.25, 0.3) is 0 Å². The molecule has 26 heavy (non-hydrogen) atoms. The van der Waals surface area contributed by atoms with Gasteiger partial charge < -0.3 is 5.32 Å². The van der Waals surface area contributed by atoms with Gasteiger partial charge in [0.05, 0.1) is 5.41 Å². The van der Waals surface area contributed by atoms with Gasteiger partial charge in [0.15, 0.2) is 5.69 Å². The number of nitrogens with zero attached hydrogens (tertiary/aromatic N) is 2. The summed E-state index contributed by atoms with van der Waals surface area (Å²) in [4.78, 5) is 13.3. The lowest BCUT2D eigenvalue weighted by atomic mass is 9.49. The zero-order valence-corrected chi connectivity index (χ0v) is 15.4. The number of benzene rings is 1. The highest BCUT2D eigenvalue weighted by Crippen LogP contribution is 2.60. The minimum absolute atomic E-state index is 0.124. The average Bonchev–Trinajstić information content (AvgIpc) is 3.04. The second-order valence-electron chi connectivity index (χ2n) is 8.93. The molecule has 4 bridgehead atoms. The van der Waals surface area contributed by atoms with Gasteiger partial charge in [0.2, 0.25) is 11.7 Å². The van der Waals surface area contributed by atoms with Crippen LogP contribution in [0.4, 0.5) is 5.82 Å². The Bertz CT molecular complexity index is 835. The number of amides is 1. The third kappa shape index (κ3) is 2.48. The standard InChI is InChI=1S/C21H25N3O2/c1-12-3-4-13(2)17(5-12)18-19(24-26-23-18)22-20(25)21-9-14-6-15(10-21)8-16(7-14)11-21/h3-5,14-16H,6-11H2,1-2H3,(H,22,24,25). The molecular formula is C21H25N3O2. The van der Waals surface area contributed by atoms with E-state index < -0.39 is 0 Å². The molecule has 1 heterocycles. The van der Waals surface area contributed by atoms with Crippen molar-refractivity contribution < 1.29 is 9.42 Å². The predicted octanol–water partition coefficient (Wildman–Crippen LogP) is 4.51. The highest BCUT2D eigenvalue weighted by molar-refractivity contribution is 5.97. The highest BCUT2D eigenvalue weighted by atomic mass is 16.6. The van der Waals surface area contributed by atoms with E-state index in [4.69, 9.17) is 4.63 Å². The number of hydrogen-bond acceptors (Lipinski definition) is 4. The summed E-state index contributed by atoms with van der Waals surface area (Å²) in [6.45, 7) is 4.08. The molecule has 0 unspecified atom stereocenters. The van der Waals surface area contributed by atoms with E-state index in [1.54, 1.807) is 0 Å². The van der Waals surface area contributed by atoms with Gasteiger partial charge in [-0.25, -0.2) is 4.63 Å². The number of nitrogens with one attached hydrogen (secondary N) is 1. The van der Waals surface area contributed by atoms with Gasteiger partial charge in [-0.2, -0.15) is 0 Å². The molecule has 1 amide bonds. The van der Waals surface area contributed by atoms with Crippen molar-refractivity contribution in [3.05, 3.63) is 29.3 Å². The number of hydrogen-bond donors (Lipinski definition) is 1. The van der Waals surface area contributed by atoms with E-state index in [9.17, 15) is 4.79 Å². The second kappa shape index (κ2) is 5.66. The zero-order chi connectivity index (χ0) is 17.9. The van der Waals surface area contributed by atoms with Crippen molar-refractivity contribution in [2.24, 2.45) is 23.2 Å². The summed E-state index contributed by atoms with van der Waals surface area (Å²) in [5, 5.41) is 11.2. The lowest BCUT2D eigenvalue weighted by Gasteiger charge is -2.55. The van der Waals surface area contributed by atoms with E-state index in [2.05, 4.69) is 33.8 Å². The molecule has 5 heteroatoms. The number of carbonyl (C=O) groups is 1. The number of anilines is 1. The van der Waals surface area contributed by atoms with Crippen molar-refractivity contribution in [2.45, 2.75) is 52.4 Å². The van der Waals surface area contributed by atoms with Crippen LogP contribution in [0.5, 0.6) is 0 Å². The van der Waals surface area contributed by atoms with Crippen LogP contribution in [-0.4, -0.2) is 16.2 Å². The summed E-state index contributed by atoms with van der Waals surface area (Å²) in [7, 11) is 0. The van der Waals surface area contributed by atoms with E-state index in [0.717, 1.165) is 53.7 Å². The van der Waals surface area contributed by atoms with Crippen LogP contribution < -0.4 is 5.32 Å². The molecule has 4 saturated carbocycles. The van der Waals surface area contributed by atoms with Crippen LogP contribution in [0.25, 0.3) is 11.3 Å². The first kappa shape index (κ1) is 16.0. The second-order valence-corrected chi connectivity index (χ2v) is 8.93. The molecule has 1 aromatic heterocycles. The number of rotatable bonds is 3. The highest BCUT2D eigenvalue weighted by Gasteiger charge is 2.54. The first-order valence-corrected chi connectivity index (χ1v) is 9.74. The third-order valence-electron chi connectivity index (χ3n) is 6.89. The lowest BCUT2D eigenvalue weighted by molar-refractivity contribution is -0.140. The molecule has 1 N–H and O–H groups in total. The molecule has 2 aromatic rings. The molecule has 1 aromatic carbocycles. The molecule has 6 rings (SSSR count). The predicted molar refractivity (Wildman–Crippen MR) is 98.4 cm³/mol. The van der Waals surface area contributed by atoms with Gasteiger partial charge in [-0.05, 0) is 92.1 Å². The zero-order valence-electron chi connectivity index (χ0n) is 15.4. The van der Waals surface area contributed by atoms with Crippen LogP contribution in [0, 0.1) is 37.0 Å². The van der Waals surface area contributed by atoms with Crippen molar-refractivity contribution in [3.63, 3.8) is 0 Å². The van der Waals surface area contributed by atoms with E-state index >= 15 is 0 Å². The molecule has 5 nitrogen and oxygen atoms in total. The minimum atomic E-state index is -0.202. The maximum Gasteiger partial charge on any atom is 0.231 e. The van der Waals surface area contributed by atoms with Gasteiger partial charge in [0, 0.05) is 5.56 Å². The van der Waals surface area contributed by atoms with Crippen LogP contribution in [-0.2, 0) is 4.79 Å². The molecular weight excluding hydrogens is 326 g/mol. The Morgan fingerprint density at radius 2 is 1.73 bits per heavy atom. The first-order valence-electron chi connectivity index (χ1n) is 9.74. The molecule has 0 spiro atoms. The maximum atomic E-state index is 13.3. The normalized spacial score (nSPS) is 32.0. The van der Waals surface area contributed by atoms with E-state index in [1.807, 2.05) is 13.8 Å². The molecule has 0 radical (unpaired) electrons. The smallest absolute Gasteiger partial charge is 0.231 e. The van der Waals surface area contributed by atoms with Crippen molar-refractivity contribution >= 4 is 11.7 Å². The monoisotopic (exact) mass is 351 g/mol. The fourth-order valence-corrected chi connectivity index (χ4v) is 6.07. The van der Waals surface area contributed by atoms with Gasteiger partial charge in [-0.15, -0.1) is 0 Å². The van der Waals surface area contributed by atoms with E-state index in [0.29, 0.717) is 11.5 Å². The molecule has 4 fully saturated rings. The van der Waals surface area contributed by atoms with Crippen LogP contribution in [0.15, 0.2) is 22.8 Å². The Morgan fingerprint density at radius 3 is 2.38 bits per heavy atom. The summed E-state index contributed by atoms with van der Waals surface area (Å²) in [5.74, 6) is 2.79. The van der Waals surface area contributed by atoms with Crippen LogP contribution in [0.2, 0.25) is 0 Å². The molecule has 0 aliphatic heterocycles. The van der Waals surface area contributed by atoms with Crippen molar-refractivity contribution in [2.75, 3.05) is 5.32 Å². The van der Waals surface area contributed by atoms with Gasteiger partial charge in [0.1, 0.15) is 0 Å². The van der Waals surface area contributed by atoms with Gasteiger partial charge in [-0.1, -0.05) is 17.7 Å². The molecule has 0 atom stereocenters. The SMILES string of the molecule is Cc1ccc(C)c(-c2nonc2NC(=O)C23CC4CC(CC(C4)C2)C3)c1. The minimum Gasteiger partial charge on any atom is -0.305 e. The molecule has 0 saturated heterocycles. The average molecular weight is 351 g/mol. The molecule has 4 aliphatic carbocycles. The summed E-state index contributed by atoms with van der Waals surface area (Å²) in [5.41, 5.74) is 3.63. The van der Waals surface area contributed by atoms with Crippen LogP contribution >= 0.6 is 0 Å². The maximum absolute atomic E-state index is 13.3. The topological polar surface area (TPSA) is 68.0 Å². The van der Waals surface area contributed by atoms with E-state index in [1.165, 1.54) is 19.3 Å². The Kier molecular flexibility index (Phi) is 3.49. The fourth-order valence-electron chi connectivity index (χ4n) is 6.07. The Morgan fingerprint density at radius 1 is 1.08 bits per heavy atom. The fraction of sp³-hybridized carbons (Fsp3) is 0.571. The number of carbonyl (C=O) groups excluding carboxylic acids is 1. The lowest BCUT2D eigenvalue weighted by Crippen LogP contribution is -2.51. The number of aryl methyl sites for hydroxylation is 2. The van der Waals surface area contributed by atoms with Gasteiger partial charge in [-0.3, -0.25) is 4.79 Å². The Balaban J connectivity index is 1.44. The third-order valence-corrected chi connectivity index (χ3v) is 6.89.